The van der Waals surface area contributed by atoms with Crippen molar-refractivity contribution in [2.45, 2.75) is 31.8 Å². The van der Waals surface area contributed by atoms with Gasteiger partial charge in [-0.1, -0.05) is 0 Å². The third-order valence-electron chi connectivity index (χ3n) is 3.73. The van der Waals surface area contributed by atoms with Crippen LogP contribution in [0, 0.1) is 0 Å². The Labute approximate surface area is 105 Å². The molecule has 18 heavy (non-hydrogen) atoms. The van der Waals surface area contributed by atoms with Crippen LogP contribution in [-0.4, -0.2) is 19.5 Å². The number of fused-ring (bicyclic) bond motifs is 1. The fourth-order valence-electron chi connectivity index (χ4n) is 2.58. The third kappa shape index (κ3) is 1.47. The monoisotopic (exact) mass is 241 g/mol. The molecule has 0 saturated heterocycles. The highest BCUT2D eigenvalue weighted by Gasteiger charge is 2.31. The minimum absolute atomic E-state index is 0.661. The van der Waals surface area contributed by atoms with Crippen molar-refractivity contribution in [2.24, 2.45) is 7.05 Å². The molecule has 0 bridgehead atoms. The molecule has 2 aromatic rings. The van der Waals surface area contributed by atoms with Gasteiger partial charge in [0.2, 0.25) is 0 Å². The van der Waals surface area contributed by atoms with Crippen molar-refractivity contribution in [3.05, 3.63) is 29.5 Å². The maximum atomic E-state index is 4.80. The summed E-state index contributed by atoms with van der Waals surface area (Å²) in [6, 6.07) is 0. The number of nitrogens with zero attached hydrogens (tertiary/aromatic N) is 4. The van der Waals surface area contributed by atoms with E-state index in [2.05, 4.69) is 10.3 Å². The number of aromatic nitrogens is 4. The Kier molecular flexibility index (Phi) is 2.05. The Morgan fingerprint density at radius 3 is 2.89 bits per heavy atom. The second-order valence-corrected chi connectivity index (χ2v) is 5.13. The van der Waals surface area contributed by atoms with E-state index in [0.717, 1.165) is 24.6 Å². The van der Waals surface area contributed by atoms with E-state index in [1.165, 1.54) is 29.8 Å². The van der Waals surface area contributed by atoms with Gasteiger partial charge in [0.25, 0.3) is 0 Å². The average molecular weight is 241 g/mol. The highest BCUT2D eigenvalue weighted by Crippen LogP contribution is 2.42. The summed E-state index contributed by atoms with van der Waals surface area (Å²) in [7, 11) is 1.98. The molecular weight excluding hydrogens is 226 g/mol. The first kappa shape index (κ1) is 10.2. The SMILES string of the molecule is Cn1cncc1-c1nc2c(c(C3CC3)n1)CNC2. The van der Waals surface area contributed by atoms with E-state index in [0.29, 0.717) is 5.92 Å². The minimum atomic E-state index is 0.661. The summed E-state index contributed by atoms with van der Waals surface area (Å²) in [4.78, 5) is 13.6. The second-order valence-electron chi connectivity index (χ2n) is 5.13. The number of imidazole rings is 1. The molecule has 0 aromatic carbocycles. The van der Waals surface area contributed by atoms with Crippen molar-refractivity contribution in [1.29, 1.82) is 0 Å². The van der Waals surface area contributed by atoms with Crippen LogP contribution in [0.15, 0.2) is 12.5 Å². The molecule has 0 atom stereocenters. The maximum Gasteiger partial charge on any atom is 0.178 e. The zero-order chi connectivity index (χ0) is 12.1. The molecule has 0 unspecified atom stereocenters. The lowest BCUT2D eigenvalue weighted by atomic mass is 10.1. The molecule has 0 radical (unpaired) electrons. The molecule has 0 amide bonds. The quantitative estimate of drug-likeness (QED) is 0.862. The van der Waals surface area contributed by atoms with Crippen molar-refractivity contribution in [3.63, 3.8) is 0 Å². The predicted octanol–water partition coefficient (Wildman–Crippen LogP) is 1.36. The van der Waals surface area contributed by atoms with Crippen LogP contribution in [0.25, 0.3) is 11.5 Å². The molecule has 1 aliphatic heterocycles. The van der Waals surface area contributed by atoms with E-state index >= 15 is 0 Å². The van der Waals surface area contributed by atoms with Crippen LogP contribution in [0.2, 0.25) is 0 Å². The van der Waals surface area contributed by atoms with Crippen LogP contribution in [0.1, 0.15) is 35.7 Å². The summed E-state index contributed by atoms with van der Waals surface area (Å²) in [6.07, 6.45) is 6.17. The molecule has 2 aliphatic rings. The fraction of sp³-hybridized carbons (Fsp3) is 0.462. The minimum Gasteiger partial charge on any atom is -0.331 e. The van der Waals surface area contributed by atoms with E-state index in [1.807, 2.05) is 17.8 Å². The summed E-state index contributed by atoms with van der Waals surface area (Å²) >= 11 is 0. The van der Waals surface area contributed by atoms with E-state index in [-0.39, 0.29) is 0 Å². The zero-order valence-corrected chi connectivity index (χ0v) is 10.3. The Balaban J connectivity index is 1.90. The van der Waals surface area contributed by atoms with Crippen LogP contribution in [0.3, 0.4) is 0 Å². The van der Waals surface area contributed by atoms with Crippen molar-refractivity contribution < 1.29 is 0 Å². The molecule has 0 spiro atoms. The number of aryl methyl sites for hydroxylation is 1. The third-order valence-corrected chi connectivity index (χ3v) is 3.73. The van der Waals surface area contributed by atoms with Gasteiger partial charge >= 0.3 is 0 Å². The number of nitrogens with one attached hydrogen (secondary N) is 1. The van der Waals surface area contributed by atoms with Crippen molar-refractivity contribution >= 4 is 0 Å². The molecule has 1 fully saturated rings. The van der Waals surface area contributed by atoms with Gasteiger partial charge in [-0.2, -0.15) is 0 Å². The lowest BCUT2D eigenvalue weighted by Crippen LogP contribution is -2.04. The summed E-state index contributed by atoms with van der Waals surface area (Å²) in [6.45, 7) is 1.79. The molecular formula is C13H15N5. The van der Waals surface area contributed by atoms with Gasteiger partial charge in [0.05, 0.1) is 23.9 Å². The fourth-order valence-corrected chi connectivity index (χ4v) is 2.58. The first-order valence-electron chi connectivity index (χ1n) is 6.40. The Morgan fingerprint density at radius 1 is 1.28 bits per heavy atom. The van der Waals surface area contributed by atoms with Gasteiger partial charge < -0.3 is 9.88 Å². The Morgan fingerprint density at radius 2 is 2.17 bits per heavy atom. The van der Waals surface area contributed by atoms with Gasteiger partial charge in [-0.25, -0.2) is 15.0 Å². The van der Waals surface area contributed by atoms with Gasteiger partial charge in [-0.3, -0.25) is 0 Å². The Bertz CT molecular complexity index is 612. The smallest absolute Gasteiger partial charge is 0.178 e. The summed E-state index contributed by atoms with van der Waals surface area (Å²) < 4.78 is 1.97. The number of rotatable bonds is 2. The lowest BCUT2D eigenvalue weighted by Gasteiger charge is -2.09. The zero-order valence-electron chi connectivity index (χ0n) is 10.3. The molecule has 92 valence electrons. The molecule has 1 aliphatic carbocycles. The molecule has 5 nitrogen and oxygen atoms in total. The molecule has 2 aromatic heterocycles. The van der Waals surface area contributed by atoms with E-state index in [4.69, 9.17) is 9.97 Å². The molecule has 1 N–H and O–H groups in total. The van der Waals surface area contributed by atoms with Crippen molar-refractivity contribution in [3.8, 4) is 11.5 Å². The molecule has 4 rings (SSSR count). The largest absolute Gasteiger partial charge is 0.331 e. The molecule has 1 saturated carbocycles. The van der Waals surface area contributed by atoms with Crippen LogP contribution < -0.4 is 5.32 Å². The van der Waals surface area contributed by atoms with Crippen molar-refractivity contribution in [2.75, 3.05) is 0 Å². The van der Waals surface area contributed by atoms with Crippen LogP contribution >= 0.6 is 0 Å². The number of hydrogen-bond acceptors (Lipinski definition) is 4. The van der Waals surface area contributed by atoms with Crippen LogP contribution in [0.5, 0.6) is 0 Å². The van der Waals surface area contributed by atoms with Gasteiger partial charge in [0, 0.05) is 31.6 Å². The van der Waals surface area contributed by atoms with Crippen LogP contribution in [0.4, 0.5) is 0 Å². The summed E-state index contributed by atoms with van der Waals surface area (Å²) in [5.41, 5.74) is 4.76. The highest BCUT2D eigenvalue weighted by molar-refractivity contribution is 5.51. The van der Waals surface area contributed by atoms with Crippen molar-refractivity contribution in [1.82, 2.24) is 24.8 Å². The normalized spacial score (nSPS) is 18.1. The van der Waals surface area contributed by atoms with Crippen LogP contribution in [-0.2, 0) is 20.1 Å². The summed E-state index contributed by atoms with van der Waals surface area (Å²) in [5, 5.41) is 3.37. The predicted molar refractivity (Wildman–Crippen MR) is 66.8 cm³/mol. The average Bonchev–Trinajstić information content (AvgIpc) is 2.95. The van der Waals surface area contributed by atoms with E-state index < -0.39 is 0 Å². The highest BCUT2D eigenvalue weighted by atomic mass is 15.1. The van der Waals surface area contributed by atoms with E-state index in [1.54, 1.807) is 6.33 Å². The Hall–Kier alpha value is -1.75. The second kappa shape index (κ2) is 3.62. The first-order valence-corrected chi connectivity index (χ1v) is 6.40. The van der Waals surface area contributed by atoms with Gasteiger partial charge in [-0.05, 0) is 12.8 Å². The first-order chi connectivity index (χ1) is 8.83. The van der Waals surface area contributed by atoms with Gasteiger partial charge in [0.1, 0.15) is 5.69 Å². The van der Waals surface area contributed by atoms with Gasteiger partial charge in [0.15, 0.2) is 5.82 Å². The van der Waals surface area contributed by atoms with Gasteiger partial charge in [-0.15, -0.1) is 0 Å². The lowest BCUT2D eigenvalue weighted by molar-refractivity contribution is 0.755. The number of hydrogen-bond donors (Lipinski definition) is 1. The molecule has 5 heteroatoms. The maximum absolute atomic E-state index is 4.80. The van der Waals surface area contributed by atoms with E-state index in [9.17, 15) is 0 Å². The topological polar surface area (TPSA) is 55.6 Å². The standard InChI is InChI=1S/C13H15N5/c1-18-7-15-6-11(18)13-16-10-5-14-4-9(10)12(17-13)8-2-3-8/h6-8,14H,2-5H2,1H3. The molecule has 3 heterocycles. The summed E-state index contributed by atoms with van der Waals surface area (Å²) in [5.74, 6) is 1.48.